The molecule has 0 saturated carbocycles. The Morgan fingerprint density at radius 3 is 2.60 bits per heavy atom. The topological polar surface area (TPSA) is 12.0 Å². The quantitative estimate of drug-likeness (QED) is 0.780. The Labute approximate surface area is 89.1 Å². The van der Waals surface area contributed by atoms with Gasteiger partial charge in [0, 0.05) is 10.9 Å². The monoisotopic (exact) mass is 241 g/mol. The molecule has 1 heterocycles. The fraction of sp³-hybridized carbons (Fsp3) is 0.556. The molecule has 15 heavy (non-hydrogen) atoms. The van der Waals surface area contributed by atoms with E-state index >= 15 is 0 Å². The fourth-order valence-electron chi connectivity index (χ4n) is 1.00. The molecule has 0 amide bonds. The number of alkyl halides is 4. The van der Waals surface area contributed by atoms with Crippen molar-refractivity contribution in [3.05, 3.63) is 22.4 Å². The van der Waals surface area contributed by atoms with Crippen molar-refractivity contribution < 1.29 is 17.6 Å². The molecule has 0 fully saturated rings. The standard InChI is InChI=1S/C9H11F4NS/c1-6(7-3-2-4-15-7)14-5-9(12,13)8(10)11/h2-4,6,8,14H,5H2,1H3. The van der Waals surface area contributed by atoms with Crippen molar-refractivity contribution in [3.63, 3.8) is 0 Å². The minimum absolute atomic E-state index is 0.338. The summed E-state index contributed by atoms with van der Waals surface area (Å²) in [6.07, 6.45) is -3.62. The Hall–Kier alpha value is -0.620. The van der Waals surface area contributed by atoms with Gasteiger partial charge in [-0.3, -0.25) is 0 Å². The van der Waals surface area contributed by atoms with Crippen LogP contribution in [0.2, 0.25) is 0 Å². The maximum absolute atomic E-state index is 12.5. The van der Waals surface area contributed by atoms with Crippen LogP contribution in [-0.4, -0.2) is 18.9 Å². The number of rotatable bonds is 5. The van der Waals surface area contributed by atoms with Crippen LogP contribution in [0.5, 0.6) is 0 Å². The van der Waals surface area contributed by atoms with Crippen LogP contribution in [0, 0.1) is 0 Å². The highest BCUT2D eigenvalue weighted by Crippen LogP contribution is 2.24. The van der Waals surface area contributed by atoms with E-state index in [9.17, 15) is 17.6 Å². The highest BCUT2D eigenvalue weighted by molar-refractivity contribution is 7.10. The summed E-state index contributed by atoms with van der Waals surface area (Å²) in [6.45, 7) is 0.650. The molecule has 0 radical (unpaired) electrons. The second-order valence-corrected chi connectivity index (χ2v) is 4.16. The van der Waals surface area contributed by atoms with Crippen LogP contribution in [0.1, 0.15) is 17.8 Å². The van der Waals surface area contributed by atoms with Crippen molar-refractivity contribution >= 4 is 11.3 Å². The van der Waals surface area contributed by atoms with E-state index < -0.39 is 18.9 Å². The summed E-state index contributed by atoms with van der Waals surface area (Å²) in [5.41, 5.74) is 0. The largest absolute Gasteiger partial charge is 0.319 e. The average Bonchev–Trinajstić information content (AvgIpc) is 2.66. The van der Waals surface area contributed by atoms with Gasteiger partial charge in [-0.1, -0.05) is 6.07 Å². The summed E-state index contributed by atoms with van der Waals surface area (Å²) in [6, 6.07) is 3.21. The molecule has 0 aliphatic carbocycles. The zero-order valence-electron chi connectivity index (χ0n) is 8.01. The molecule has 0 bridgehead atoms. The van der Waals surface area contributed by atoms with Crippen LogP contribution >= 0.6 is 11.3 Å². The summed E-state index contributed by atoms with van der Waals surface area (Å²) in [5, 5.41) is 4.19. The van der Waals surface area contributed by atoms with Crippen LogP contribution in [0.15, 0.2) is 17.5 Å². The molecule has 1 aromatic heterocycles. The minimum atomic E-state index is -3.97. The number of hydrogen-bond donors (Lipinski definition) is 1. The van der Waals surface area contributed by atoms with Crippen LogP contribution in [0.4, 0.5) is 17.6 Å². The molecule has 1 rings (SSSR count). The third-order valence-corrected chi connectivity index (χ3v) is 2.99. The molecule has 1 atom stereocenters. The SMILES string of the molecule is CC(NCC(F)(F)C(F)F)c1cccs1. The molecule has 1 aromatic rings. The molecule has 1 unspecified atom stereocenters. The molecule has 0 aromatic carbocycles. The van der Waals surface area contributed by atoms with Crippen molar-refractivity contribution in [2.24, 2.45) is 0 Å². The molecule has 6 heteroatoms. The molecular formula is C9H11F4NS. The van der Waals surface area contributed by atoms with Crippen molar-refractivity contribution in [1.82, 2.24) is 5.32 Å². The lowest BCUT2D eigenvalue weighted by Gasteiger charge is -2.19. The zero-order valence-corrected chi connectivity index (χ0v) is 8.83. The van der Waals surface area contributed by atoms with Gasteiger partial charge in [0.25, 0.3) is 0 Å². The lowest BCUT2D eigenvalue weighted by Crippen LogP contribution is -2.39. The molecule has 1 N–H and O–H groups in total. The zero-order chi connectivity index (χ0) is 11.5. The Kier molecular flexibility index (Phi) is 4.10. The van der Waals surface area contributed by atoms with Gasteiger partial charge in [-0.25, -0.2) is 8.78 Å². The first-order chi connectivity index (χ1) is 6.93. The van der Waals surface area contributed by atoms with Crippen LogP contribution in [0.3, 0.4) is 0 Å². The van der Waals surface area contributed by atoms with Gasteiger partial charge >= 0.3 is 12.3 Å². The minimum Gasteiger partial charge on any atom is -0.304 e. The van der Waals surface area contributed by atoms with Gasteiger partial charge in [0.15, 0.2) is 0 Å². The third kappa shape index (κ3) is 3.46. The van der Waals surface area contributed by atoms with Gasteiger partial charge in [-0.2, -0.15) is 8.78 Å². The predicted molar refractivity (Wildman–Crippen MR) is 51.7 cm³/mol. The smallest absolute Gasteiger partial charge is 0.304 e. The van der Waals surface area contributed by atoms with Gasteiger partial charge in [0.2, 0.25) is 0 Å². The summed E-state index contributed by atoms with van der Waals surface area (Å²) in [5.74, 6) is -3.97. The molecule has 0 spiro atoms. The van der Waals surface area contributed by atoms with Gasteiger partial charge < -0.3 is 5.32 Å². The Morgan fingerprint density at radius 1 is 1.47 bits per heavy atom. The first kappa shape index (κ1) is 12.4. The molecule has 1 nitrogen and oxygen atoms in total. The second-order valence-electron chi connectivity index (χ2n) is 3.18. The van der Waals surface area contributed by atoms with E-state index in [4.69, 9.17) is 0 Å². The van der Waals surface area contributed by atoms with Gasteiger partial charge in [-0.15, -0.1) is 11.3 Å². The maximum atomic E-state index is 12.5. The summed E-state index contributed by atoms with van der Waals surface area (Å²) < 4.78 is 48.7. The third-order valence-electron chi connectivity index (χ3n) is 1.93. The van der Waals surface area contributed by atoms with Crippen LogP contribution in [0.25, 0.3) is 0 Å². The van der Waals surface area contributed by atoms with Gasteiger partial charge in [0.05, 0.1) is 6.54 Å². The van der Waals surface area contributed by atoms with E-state index in [0.29, 0.717) is 0 Å². The van der Waals surface area contributed by atoms with E-state index in [2.05, 4.69) is 5.32 Å². The normalized spacial score (nSPS) is 14.5. The van der Waals surface area contributed by atoms with Crippen molar-refractivity contribution in [2.45, 2.75) is 25.3 Å². The molecule has 0 aliphatic heterocycles. The lowest BCUT2D eigenvalue weighted by molar-refractivity contribution is -0.126. The Bertz CT molecular complexity index is 286. The van der Waals surface area contributed by atoms with E-state index in [1.54, 1.807) is 24.4 Å². The molecule has 86 valence electrons. The fourth-order valence-corrected chi connectivity index (χ4v) is 1.76. The van der Waals surface area contributed by atoms with Crippen LogP contribution in [-0.2, 0) is 0 Å². The summed E-state index contributed by atoms with van der Waals surface area (Å²) in [7, 11) is 0. The molecule has 0 saturated heterocycles. The van der Waals surface area contributed by atoms with Crippen molar-refractivity contribution in [2.75, 3.05) is 6.54 Å². The number of halogens is 4. The van der Waals surface area contributed by atoms with E-state index in [-0.39, 0.29) is 6.04 Å². The second kappa shape index (κ2) is 4.94. The number of hydrogen-bond acceptors (Lipinski definition) is 2. The highest BCUT2D eigenvalue weighted by atomic mass is 32.1. The van der Waals surface area contributed by atoms with E-state index in [0.717, 1.165) is 4.88 Å². The number of thiophene rings is 1. The molecular weight excluding hydrogens is 230 g/mol. The Balaban J connectivity index is 2.44. The van der Waals surface area contributed by atoms with Crippen molar-refractivity contribution in [1.29, 1.82) is 0 Å². The van der Waals surface area contributed by atoms with Crippen LogP contribution < -0.4 is 5.32 Å². The van der Waals surface area contributed by atoms with Gasteiger partial charge in [0.1, 0.15) is 0 Å². The average molecular weight is 241 g/mol. The maximum Gasteiger partial charge on any atom is 0.319 e. The summed E-state index contributed by atoms with van der Waals surface area (Å²) in [4.78, 5) is 0.847. The Morgan fingerprint density at radius 2 is 2.13 bits per heavy atom. The lowest BCUT2D eigenvalue weighted by atomic mass is 10.2. The highest BCUT2D eigenvalue weighted by Gasteiger charge is 2.40. The number of nitrogens with one attached hydrogen (secondary N) is 1. The predicted octanol–water partition coefficient (Wildman–Crippen LogP) is 3.30. The van der Waals surface area contributed by atoms with Crippen molar-refractivity contribution in [3.8, 4) is 0 Å². The van der Waals surface area contributed by atoms with Gasteiger partial charge in [-0.05, 0) is 18.4 Å². The van der Waals surface area contributed by atoms with E-state index in [1.807, 2.05) is 0 Å². The van der Waals surface area contributed by atoms with E-state index in [1.165, 1.54) is 11.3 Å². The first-order valence-corrected chi connectivity index (χ1v) is 5.24. The molecule has 0 aliphatic rings. The summed E-state index contributed by atoms with van der Waals surface area (Å²) >= 11 is 1.40. The first-order valence-electron chi connectivity index (χ1n) is 4.36.